The van der Waals surface area contributed by atoms with Gasteiger partial charge in [0.2, 0.25) is 10.0 Å². The summed E-state index contributed by atoms with van der Waals surface area (Å²) in [6.07, 6.45) is 1.61. The Hall–Kier alpha value is -2.56. The van der Waals surface area contributed by atoms with E-state index in [1.165, 1.54) is 13.2 Å². The third-order valence-electron chi connectivity index (χ3n) is 3.03. The minimum absolute atomic E-state index is 0.0180. The fourth-order valence-electron chi connectivity index (χ4n) is 1.82. The number of benzene rings is 1. The van der Waals surface area contributed by atoms with Crippen LogP contribution in [0, 0.1) is 18.8 Å². The van der Waals surface area contributed by atoms with E-state index in [-0.39, 0.29) is 23.8 Å². The minimum Gasteiger partial charge on any atom is -0.495 e. The van der Waals surface area contributed by atoms with Crippen LogP contribution < -0.4 is 14.2 Å². The predicted octanol–water partition coefficient (Wildman–Crippen LogP) is 1.76. The van der Waals surface area contributed by atoms with Gasteiger partial charge in [-0.2, -0.15) is 4.72 Å². The van der Waals surface area contributed by atoms with Gasteiger partial charge < -0.3 is 9.47 Å². The maximum absolute atomic E-state index is 12.2. The third kappa shape index (κ3) is 4.98. The second kappa shape index (κ2) is 8.34. The normalized spacial score (nSPS) is 10.6. The SMILES string of the molecule is COc1ccccc1S(=O)(=O)NCC#CCOc1ccc(C)nc1. The lowest BCUT2D eigenvalue weighted by Crippen LogP contribution is -2.24. The first kappa shape index (κ1) is 17.8. The van der Waals surface area contributed by atoms with Crippen LogP contribution in [0.3, 0.4) is 0 Å². The molecule has 0 fully saturated rings. The first-order chi connectivity index (χ1) is 11.5. The molecule has 2 aromatic rings. The molecule has 1 N–H and O–H groups in total. The van der Waals surface area contributed by atoms with E-state index in [2.05, 4.69) is 21.5 Å². The van der Waals surface area contributed by atoms with Crippen LogP contribution in [0.25, 0.3) is 0 Å². The van der Waals surface area contributed by atoms with Crippen LogP contribution in [0.15, 0.2) is 47.5 Å². The van der Waals surface area contributed by atoms with Gasteiger partial charge in [-0.3, -0.25) is 4.98 Å². The zero-order valence-electron chi connectivity index (χ0n) is 13.4. The predicted molar refractivity (Wildman–Crippen MR) is 90.4 cm³/mol. The average molecular weight is 346 g/mol. The molecule has 0 spiro atoms. The van der Waals surface area contributed by atoms with E-state index >= 15 is 0 Å². The monoisotopic (exact) mass is 346 g/mol. The highest BCUT2D eigenvalue weighted by Crippen LogP contribution is 2.22. The summed E-state index contributed by atoms with van der Waals surface area (Å²) in [6.45, 7) is 2.02. The molecule has 0 unspecified atom stereocenters. The van der Waals surface area contributed by atoms with Gasteiger partial charge in [0.25, 0.3) is 0 Å². The highest BCUT2D eigenvalue weighted by atomic mass is 32.2. The van der Waals surface area contributed by atoms with Crippen LogP contribution in [0.2, 0.25) is 0 Å². The van der Waals surface area contributed by atoms with Gasteiger partial charge in [0, 0.05) is 5.69 Å². The van der Waals surface area contributed by atoms with E-state index < -0.39 is 10.0 Å². The average Bonchev–Trinajstić information content (AvgIpc) is 2.59. The van der Waals surface area contributed by atoms with Gasteiger partial charge in [0.05, 0.1) is 19.9 Å². The molecular formula is C17H18N2O4S. The highest BCUT2D eigenvalue weighted by molar-refractivity contribution is 7.89. The molecule has 0 saturated heterocycles. The van der Waals surface area contributed by atoms with Crippen molar-refractivity contribution in [3.05, 3.63) is 48.3 Å². The van der Waals surface area contributed by atoms with Crippen molar-refractivity contribution in [1.82, 2.24) is 9.71 Å². The number of pyridine rings is 1. The molecule has 0 bridgehead atoms. The van der Waals surface area contributed by atoms with Crippen molar-refractivity contribution in [3.63, 3.8) is 0 Å². The number of rotatable bonds is 6. The van der Waals surface area contributed by atoms with Crippen molar-refractivity contribution in [2.24, 2.45) is 0 Å². The van der Waals surface area contributed by atoms with Crippen molar-refractivity contribution in [1.29, 1.82) is 0 Å². The maximum atomic E-state index is 12.2. The zero-order chi connectivity index (χ0) is 17.4. The van der Waals surface area contributed by atoms with Crippen LogP contribution in [0.1, 0.15) is 5.69 Å². The Bertz CT molecular complexity index is 837. The lowest BCUT2D eigenvalue weighted by atomic mass is 10.3. The van der Waals surface area contributed by atoms with Gasteiger partial charge in [0.15, 0.2) is 0 Å². The Kier molecular flexibility index (Phi) is 6.18. The summed E-state index contributed by atoms with van der Waals surface area (Å²) >= 11 is 0. The summed E-state index contributed by atoms with van der Waals surface area (Å²) in [5.74, 6) is 6.35. The number of methoxy groups -OCH3 is 1. The molecule has 0 radical (unpaired) electrons. The maximum Gasteiger partial charge on any atom is 0.245 e. The Morgan fingerprint density at radius 1 is 1.17 bits per heavy atom. The van der Waals surface area contributed by atoms with Crippen molar-refractivity contribution in [2.75, 3.05) is 20.3 Å². The summed E-state index contributed by atoms with van der Waals surface area (Å²) in [4.78, 5) is 4.18. The lowest BCUT2D eigenvalue weighted by Gasteiger charge is -2.08. The van der Waals surface area contributed by atoms with Crippen molar-refractivity contribution in [3.8, 4) is 23.3 Å². The second-order valence-corrected chi connectivity index (χ2v) is 6.49. The standard InChI is InChI=1S/C17H18N2O4S/c1-14-9-10-15(13-18-14)23-12-6-5-11-19-24(20,21)17-8-4-3-7-16(17)22-2/h3-4,7-10,13,19H,11-12H2,1-2H3. The molecule has 1 heterocycles. The number of ether oxygens (including phenoxy) is 2. The summed E-state index contributed by atoms with van der Waals surface area (Å²) in [6, 6.07) is 10.0. The van der Waals surface area contributed by atoms with Gasteiger partial charge in [-0.05, 0) is 31.2 Å². The van der Waals surface area contributed by atoms with E-state index in [9.17, 15) is 8.42 Å². The molecule has 1 aromatic carbocycles. The van der Waals surface area contributed by atoms with Gasteiger partial charge >= 0.3 is 0 Å². The van der Waals surface area contributed by atoms with Crippen LogP contribution in [-0.4, -0.2) is 33.7 Å². The molecule has 7 heteroatoms. The second-order valence-electron chi connectivity index (χ2n) is 4.75. The highest BCUT2D eigenvalue weighted by Gasteiger charge is 2.17. The number of hydrogen-bond donors (Lipinski definition) is 1. The Morgan fingerprint density at radius 2 is 1.96 bits per heavy atom. The van der Waals surface area contributed by atoms with Crippen molar-refractivity contribution >= 4 is 10.0 Å². The fraction of sp³-hybridized carbons (Fsp3) is 0.235. The summed E-state index contributed by atoms with van der Waals surface area (Å²) in [7, 11) is -2.25. The largest absolute Gasteiger partial charge is 0.495 e. The molecule has 2 rings (SSSR count). The van der Waals surface area contributed by atoms with Crippen LogP contribution in [0.5, 0.6) is 11.5 Å². The van der Waals surface area contributed by atoms with E-state index in [4.69, 9.17) is 9.47 Å². The van der Waals surface area contributed by atoms with Crippen LogP contribution in [0.4, 0.5) is 0 Å². The molecule has 0 aliphatic rings. The van der Waals surface area contributed by atoms with E-state index in [1.54, 1.807) is 30.5 Å². The molecule has 24 heavy (non-hydrogen) atoms. The van der Waals surface area contributed by atoms with Crippen molar-refractivity contribution < 1.29 is 17.9 Å². The number of sulfonamides is 1. The number of hydrogen-bond acceptors (Lipinski definition) is 5. The van der Waals surface area contributed by atoms with E-state index in [1.807, 2.05) is 13.0 Å². The quantitative estimate of drug-likeness (QED) is 0.807. The van der Waals surface area contributed by atoms with Crippen LogP contribution in [-0.2, 0) is 10.0 Å². The zero-order valence-corrected chi connectivity index (χ0v) is 14.3. The Morgan fingerprint density at radius 3 is 2.67 bits per heavy atom. The molecule has 6 nitrogen and oxygen atoms in total. The van der Waals surface area contributed by atoms with Gasteiger partial charge in [-0.1, -0.05) is 24.0 Å². The smallest absolute Gasteiger partial charge is 0.245 e. The molecule has 126 valence electrons. The summed E-state index contributed by atoms with van der Waals surface area (Å²) < 4.78 is 37.2. The Balaban J connectivity index is 1.86. The van der Waals surface area contributed by atoms with Crippen molar-refractivity contribution in [2.45, 2.75) is 11.8 Å². The molecular weight excluding hydrogens is 328 g/mol. The molecule has 0 aliphatic carbocycles. The number of nitrogens with zero attached hydrogens (tertiary/aromatic N) is 1. The first-order valence-electron chi connectivity index (χ1n) is 7.17. The topological polar surface area (TPSA) is 77.5 Å². The fourth-order valence-corrected chi connectivity index (χ4v) is 2.91. The van der Waals surface area contributed by atoms with Gasteiger partial charge in [-0.15, -0.1) is 0 Å². The van der Waals surface area contributed by atoms with E-state index in [0.29, 0.717) is 5.75 Å². The number of para-hydroxylation sites is 1. The molecule has 0 aliphatic heterocycles. The third-order valence-corrected chi connectivity index (χ3v) is 4.47. The molecule has 0 amide bonds. The summed E-state index contributed by atoms with van der Waals surface area (Å²) in [5.41, 5.74) is 0.902. The minimum atomic E-state index is -3.68. The lowest BCUT2D eigenvalue weighted by molar-refractivity contribution is 0.368. The number of nitrogens with one attached hydrogen (secondary N) is 1. The van der Waals surface area contributed by atoms with E-state index in [0.717, 1.165) is 5.69 Å². The van der Waals surface area contributed by atoms with Crippen LogP contribution >= 0.6 is 0 Å². The Labute approximate surface area is 141 Å². The molecule has 0 saturated carbocycles. The summed E-state index contributed by atoms with van der Waals surface area (Å²) in [5, 5.41) is 0. The number of aromatic nitrogens is 1. The molecule has 0 atom stereocenters. The first-order valence-corrected chi connectivity index (χ1v) is 8.65. The van der Waals surface area contributed by atoms with Gasteiger partial charge in [0.1, 0.15) is 23.0 Å². The number of aryl methyl sites for hydroxylation is 1. The van der Waals surface area contributed by atoms with Gasteiger partial charge in [-0.25, -0.2) is 8.42 Å². The molecule has 1 aromatic heterocycles.